The number of hydrogen-bond acceptors (Lipinski definition) is 5. The number of cyclic esters (lactones) is 2. The Morgan fingerprint density at radius 3 is 2.41 bits per heavy atom. The molecule has 0 aromatic heterocycles. The molecule has 0 spiro atoms. The first kappa shape index (κ1) is 11.3. The summed E-state index contributed by atoms with van der Waals surface area (Å²) in [6.45, 7) is 0. The summed E-state index contributed by atoms with van der Waals surface area (Å²) in [5.41, 5.74) is 0.582. The van der Waals surface area contributed by atoms with Crippen LogP contribution in [-0.2, 0) is 9.53 Å². The van der Waals surface area contributed by atoms with E-state index in [9.17, 15) is 9.59 Å². The molecule has 1 aliphatic rings. The lowest BCUT2D eigenvalue weighted by Gasteiger charge is -2.11. The number of carbonyl (C=O) groups excluding carboxylic acids is 2. The normalized spacial score (nSPS) is 18.6. The summed E-state index contributed by atoms with van der Waals surface area (Å²) in [5.74, 6) is 0.412. The Labute approximate surface area is 97.5 Å². The third kappa shape index (κ3) is 2.01. The molecule has 90 valence electrons. The minimum absolute atomic E-state index is 0.485. The van der Waals surface area contributed by atoms with Crippen molar-refractivity contribution in [2.24, 2.45) is 0 Å². The average Bonchev–Trinajstić information content (AvgIpc) is 2.67. The van der Waals surface area contributed by atoms with Crippen LogP contribution in [0.2, 0.25) is 0 Å². The average molecular weight is 237 g/mol. The number of carbonyl (C=O) groups is 2. The summed E-state index contributed by atoms with van der Waals surface area (Å²) in [6, 6.07) is 4.16. The van der Waals surface area contributed by atoms with Gasteiger partial charge in [0, 0.05) is 0 Å². The topological polar surface area (TPSA) is 73.9 Å². The Hall–Kier alpha value is -2.24. The van der Waals surface area contributed by atoms with E-state index in [1.54, 1.807) is 18.2 Å². The number of hydrogen-bond donors (Lipinski definition) is 1. The molecule has 1 aromatic rings. The van der Waals surface area contributed by atoms with Crippen LogP contribution in [0.25, 0.3) is 0 Å². The number of nitrogens with one attached hydrogen (secondary N) is 1. The van der Waals surface area contributed by atoms with E-state index in [1.807, 2.05) is 0 Å². The molecule has 6 nitrogen and oxygen atoms in total. The molecule has 1 heterocycles. The van der Waals surface area contributed by atoms with Crippen LogP contribution in [0.1, 0.15) is 11.6 Å². The van der Waals surface area contributed by atoms with Crippen molar-refractivity contribution in [1.29, 1.82) is 0 Å². The second-order valence-electron chi connectivity index (χ2n) is 3.40. The van der Waals surface area contributed by atoms with Crippen molar-refractivity contribution in [1.82, 2.24) is 5.32 Å². The van der Waals surface area contributed by atoms with Crippen molar-refractivity contribution in [3.63, 3.8) is 0 Å². The van der Waals surface area contributed by atoms with Crippen molar-refractivity contribution in [2.45, 2.75) is 6.04 Å². The molecule has 0 aliphatic carbocycles. The number of methoxy groups -OCH3 is 2. The molecule has 2 rings (SSSR count). The largest absolute Gasteiger partial charge is 0.493 e. The molecule has 1 atom stereocenters. The Bertz CT molecular complexity index is 471. The molecule has 0 bridgehead atoms. The standard InChI is InChI=1S/C11H11NO5/c1-15-7-4-3-6(5-8(7)16-2)9-10(13)17-11(14)12-9/h3-5,9H,1-2H3,(H,12,14). The van der Waals surface area contributed by atoms with Gasteiger partial charge in [0.2, 0.25) is 0 Å². The summed E-state index contributed by atoms with van der Waals surface area (Å²) in [5, 5.41) is 2.40. The van der Waals surface area contributed by atoms with E-state index in [1.165, 1.54) is 14.2 Å². The molecule has 6 heteroatoms. The monoisotopic (exact) mass is 237 g/mol. The highest BCUT2D eigenvalue weighted by molar-refractivity contribution is 5.96. The Morgan fingerprint density at radius 2 is 1.88 bits per heavy atom. The summed E-state index contributed by atoms with van der Waals surface area (Å²) in [6.07, 6.45) is -0.741. The predicted molar refractivity (Wildman–Crippen MR) is 56.9 cm³/mol. The molecule has 0 saturated carbocycles. The molecule has 17 heavy (non-hydrogen) atoms. The van der Waals surface area contributed by atoms with E-state index in [2.05, 4.69) is 10.1 Å². The van der Waals surface area contributed by atoms with Gasteiger partial charge in [-0.2, -0.15) is 0 Å². The first-order chi connectivity index (χ1) is 8.15. The number of alkyl carbamates (subject to hydrolysis) is 1. The SMILES string of the molecule is COc1ccc(C2NC(=O)OC2=O)cc1OC. The van der Waals surface area contributed by atoms with Crippen molar-refractivity contribution in [3.8, 4) is 11.5 Å². The van der Waals surface area contributed by atoms with Crippen LogP contribution < -0.4 is 14.8 Å². The Balaban J connectivity index is 2.33. The van der Waals surface area contributed by atoms with E-state index in [0.717, 1.165) is 0 Å². The van der Waals surface area contributed by atoms with Gasteiger partial charge < -0.3 is 19.5 Å². The van der Waals surface area contributed by atoms with Crippen LogP contribution in [0.3, 0.4) is 0 Å². The van der Waals surface area contributed by atoms with E-state index in [4.69, 9.17) is 9.47 Å². The lowest BCUT2D eigenvalue weighted by atomic mass is 10.1. The maximum absolute atomic E-state index is 11.4. The second kappa shape index (κ2) is 4.32. The molecule has 1 fully saturated rings. The molecule has 1 amide bonds. The first-order valence-electron chi connectivity index (χ1n) is 4.90. The molecular weight excluding hydrogens is 226 g/mol. The van der Waals surface area contributed by atoms with Gasteiger partial charge in [0.05, 0.1) is 14.2 Å². The fourth-order valence-corrected chi connectivity index (χ4v) is 1.61. The number of rotatable bonds is 3. The minimum atomic E-state index is -0.790. The van der Waals surface area contributed by atoms with Gasteiger partial charge in [-0.15, -0.1) is 0 Å². The molecule has 1 unspecified atom stereocenters. The van der Waals surface area contributed by atoms with Crippen LogP contribution in [0.5, 0.6) is 11.5 Å². The molecular formula is C11H11NO5. The van der Waals surface area contributed by atoms with Crippen LogP contribution in [0.15, 0.2) is 18.2 Å². The van der Waals surface area contributed by atoms with E-state index in [-0.39, 0.29) is 0 Å². The molecule has 1 saturated heterocycles. The van der Waals surface area contributed by atoms with Gasteiger partial charge in [0.25, 0.3) is 0 Å². The van der Waals surface area contributed by atoms with Crippen molar-refractivity contribution in [2.75, 3.05) is 14.2 Å². The van der Waals surface area contributed by atoms with Crippen LogP contribution >= 0.6 is 0 Å². The minimum Gasteiger partial charge on any atom is -0.493 e. The van der Waals surface area contributed by atoms with Gasteiger partial charge >= 0.3 is 12.1 Å². The Kier molecular flexibility index (Phi) is 2.86. The molecule has 1 N–H and O–H groups in total. The molecule has 1 aromatic carbocycles. The quantitative estimate of drug-likeness (QED) is 0.627. The van der Waals surface area contributed by atoms with Crippen molar-refractivity contribution in [3.05, 3.63) is 23.8 Å². The Morgan fingerprint density at radius 1 is 1.18 bits per heavy atom. The number of esters is 1. The van der Waals surface area contributed by atoms with Crippen LogP contribution in [0, 0.1) is 0 Å². The fourth-order valence-electron chi connectivity index (χ4n) is 1.61. The van der Waals surface area contributed by atoms with Gasteiger partial charge in [0.15, 0.2) is 17.5 Å². The maximum Gasteiger partial charge on any atom is 0.415 e. The second-order valence-corrected chi connectivity index (χ2v) is 3.40. The maximum atomic E-state index is 11.4. The number of amides is 1. The summed E-state index contributed by atoms with van der Waals surface area (Å²) in [7, 11) is 3.01. The summed E-state index contributed by atoms with van der Waals surface area (Å²) < 4.78 is 14.6. The highest BCUT2D eigenvalue weighted by atomic mass is 16.6. The van der Waals surface area contributed by atoms with E-state index < -0.39 is 18.1 Å². The van der Waals surface area contributed by atoms with Gasteiger partial charge in [-0.05, 0) is 17.7 Å². The smallest absolute Gasteiger partial charge is 0.415 e. The van der Waals surface area contributed by atoms with Crippen LogP contribution in [-0.4, -0.2) is 26.3 Å². The fraction of sp³-hybridized carbons (Fsp3) is 0.273. The van der Waals surface area contributed by atoms with E-state index in [0.29, 0.717) is 17.1 Å². The summed E-state index contributed by atoms with van der Waals surface area (Å²) >= 11 is 0. The zero-order chi connectivity index (χ0) is 12.4. The number of benzene rings is 1. The van der Waals surface area contributed by atoms with Gasteiger partial charge in [-0.1, -0.05) is 6.07 Å². The summed E-state index contributed by atoms with van der Waals surface area (Å²) in [4.78, 5) is 22.3. The van der Waals surface area contributed by atoms with Gasteiger partial charge in [0.1, 0.15) is 0 Å². The molecule has 0 radical (unpaired) electrons. The van der Waals surface area contributed by atoms with Gasteiger partial charge in [-0.3, -0.25) is 0 Å². The first-order valence-corrected chi connectivity index (χ1v) is 4.90. The zero-order valence-electron chi connectivity index (χ0n) is 9.35. The van der Waals surface area contributed by atoms with Crippen molar-refractivity contribution >= 4 is 12.1 Å². The lowest BCUT2D eigenvalue weighted by molar-refractivity contribution is -0.135. The highest BCUT2D eigenvalue weighted by Crippen LogP contribution is 2.31. The van der Waals surface area contributed by atoms with E-state index >= 15 is 0 Å². The zero-order valence-corrected chi connectivity index (χ0v) is 9.35. The third-order valence-electron chi connectivity index (χ3n) is 2.43. The number of ether oxygens (including phenoxy) is 3. The van der Waals surface area contributed by atoms with Crippen molar-refractivity contribution < 1.29 is 23.8 Å². The predicted octanol–water partition coefficient (Wildman–Crippen LogP) is 1.01. The van der Waals surface area contributed by atoms with Crippen LogP contribution in [0.4, 0.5) is 4.79 Å². The van der Waals surface area contributed by atoms with Gasteiger partial charge in [-0.25, -0.2) is 9.59 Å². The third-order valence-corrected chi connectivity index (χ3v) is 2.43. The lowest BCUT2D eigenvalue weighted by Crippen LogP contribution is -2.19. The molecule has 1 aliphatic heterocycles. The highest BCUT2D eigenvalue weighted by Gasteiger charge is 2.34.